The summed E-state index contributed by atoms with van der Waals surface area (Å²) in [6.07, 6.45) is 0. The van der Waals surface area contributed by atoms with Crippen molar-refractivity contribution in [3.8, 4) is 0 Å². The number of esters is 1. The van der Waals surface area contributed by atoms with Gasteiger partial charge in [-0.3, -0.25) is 4.90 Å². The molecule has 1 fully saturated rings. The maximum Gasteiger partial charge on any atom is 0.337 e. The normalized spacial score (nSPS) is 16.3. The highest BCUT2D eigenvalue weighted by atomic mass is 32.2. The molecule has 7 heteroatoms. The van der Waals surface area contributed by atoms with E-state index in [0.29, 0.717) is 26.2 Å². The molecule has 1 saturated heterocycles. The Morgan fingerprint density at radius 1 is 1.00 bits per heavy atom. The van der Waals surface area contributed by atoms with Crippen LogP contribution in [0.1, 0.15) is 15.9 Å². The lowest BCUT2D eigenvalue weighted by Gasteiger charge is -2.34. The largest absolute Gasteiger partial charge is 0.465 e. The number of nitrogens with zero attached hydrogens (tertiary/aromatic N) is 2. The minimum atomic E-state index is -3.62. The third-order valence-electron chi connectivity index (χ3n) is 4.47. The molecule has 2 aromatic carbocycles. The van der Waals surface area contributed by atoms with E-state index in [1.165, 1.54) is 29.1 Å². The molecule has 3 rings (SSSR count). The van der Waals surface area contributed by atoms with Gasteiger partial charge in [0.05, 0.1) is 17.6 Å². The van der Waals surface area contributed by atoms with Crippen LogP contribution < -0.4 is 0 Å². The average Bonchev–Trinajstić information content (AvgIpc) is 2.68. The van der Waals surface area contributed by atoms with Crippen molar-refractivity contribution in [2.45, 2.75) is 11.4 Å². The standard InChI is InChI=1S/C19H22N2O4S/c1-25-19(22)17-8-5-9-18(14-17)26(23,24)21-12-10-20(11-13-21)15-16-6-3-2-4-7-16/h2-9,14H,10-13,15H2,1H3. The predicted octanol–water partition coefficient (Wildman–Crippen LogP) is 1.98. The first-order valence-corrected chi connectivity index (χ1v) is 9.89. The van der Waals surface area contributed by atoms with Gasteiger partial charge in [-0.2, -0.15) is 4.31 Å². The van der Waals surface area contributed by atoms with E-state index < -0.39 is 16.0 Å². The molecule has 0 spiro atoms. The quantitative estimate of drug-likeness (QED) is 0.749. The molecule has 26 heavy (non-hydrogen) atoms. The lowest BCUT2D eigenvalue weighted by Crippen LogP contribution is -2.48. The molecule has 0 amide bonds. The van der Waals surface area contributed by atoms with Gasteiger partial charge in [-0.25, -0.2) is 13.2 Å². The maximum absolute atomic E-state index is 12.9. The summed E-state index contributed by atoms with van der Waals surface area (Å²) in [4.78, 5) is 14.0. The molecule has 1 aliphatic heterocycles. The van der Waals surface area contributed by atoms with Crippen LogP contribution in [-0.2, 0) is 21.3 Å². The third kappa shape index (κ3) is 4.12. The van der Waals surface area contributed by atoms with Crippen LogP contribution in [0.3, 0.4) is 0 Å². The fourth-order valence-electron chi connectivity index (χ4n) is 3.02. The van der Waals surface area contributed by atoms with Crippen LogP contribution in [0.4, 0.5) is 0 Å². The molecule has 0 aromatic heterocycles. The summed E-state index contributed by atoms with van der Waals surface area (Å²) in [7, 11) is -2.35. The van der Waals surface area contributed by atoms with Gasteiger partial charge in [-0.15, -0.1) is 0 Å². The van der Waals surface area contributed by atoms with Crippen molar-refractivity contribution in [1.82, 2.24) is 9.21 Å². The second kappa shape index (κ2) is 7.99. The van der Waals surface area contributed by atoms with E-state index in [1.807, 2.05) is 18.2 Å². The Bertz CT molecular complexity index is 860. The van der Waals surface area contributed by atoms with Gasteiger partial charge in [0.15, 0.2) is 0 Å². The van der Waals surface area contributed by atoms with Gasteiger partial charge in [-0.05, 0) is 23.8 Å². The summed E-state index contributed by atoms with van der Waals surface area (Å²) in [6, 6.07) is 16.1. The van der Waals surface area contributed by atoms with Gasteiger partial charge in [0.1, 0.15) is 0 Å². The van der Waals surface area contributed by atoms with Crippen LogP contribution in [0.2, 0.25) is 0 Å². The zero-order chi connectivity index (χ0) is 18.6. The fraction of sp³-hybridized carbons (Fsp3) is 0.316. The highest BCUT2D eigenvalue weighted by molar-refractivity contribution is 7.89. The topological polar surface area (TPSA) is 66.9 Å². The first kappa shape index (κ1) is 18.6. The summed E-state index contributed by atoms with van der Waals surface area (Å²) < 4.78 is 31.9. The molecule has 0 radical (unpaired) electrons. The van der Waals surface area contributed by atoms with Gasteiger partial charge in [0, 0.05) is 32.7 Å². The molecular formula is C19H22N2O4S. The first-order chi connectivity index (χ1) is 12.5. The van der Waals surface area contributed by atoms with Crippen molar-refractivity contribution in [2.24, 2.45) is 0 Å². The predicted molar refractivity (Wildman–Crippen MR) is 98.3 cm³/mol. The van der Waals surface area contributed by atoms with E-state index in [0.717, 1.165) is 6.54 Å². The maximum atomic E-state index is 12.9. The molecular weight excluding hydrogens is 352 g/mol. The zero-order valence-corrected chi connectivity index (χ0v) is 15.5. The third-order valence-corrected chi connectivity index (χ3v) is 6.37. The summed E-state index contributed by atoms with van der Waals surface area (Å²) >= 11 is 0. The molecule has 1 aliphatic rings. The lowest BCUT2D eigenvalue weighted by atomic mass is 10.2. The number of carbonyl (C=O) groups excluding carboxylic acids is 1. The van der Waals surface area contributed by atoms with E-state index in [2.05, 4.69) is 21.8 Å². The van der Waals surface area contributed by atoms with Crippen molar-refractivity contribution in [1.29, 1.82) is 0 Å². The molecule has 0 atom stereocenters. The number of sulfonamides is 1. The van der Waals surface area contributed by atoms with Gasteiger partial charge in [0.2, 0.25) is 10.0 Å². The summed E-state index contributed by atoms with van der Waals surface area (Å²) in [5.41, 5.74) is 1.45. The van der Waals surface area contributed by atoms with Crippen LogP contribution >= 0.6 is 0 Å². The second-order valence-corrected chi connectivity index (χ2v) is 8.12. The molecule has 0 unspecified atom stereocenters. The van der Waals surface area contributed by atoms with Crippen molar-refractivity contribution in [3.05, 3.63) is 65.7 Å². The van der Waals surface area contributed by atoms with E-state index in [1.54, 1.807) is 12.1 Å². The monoisotopic (exact) mass is 374 g/mol. The van der Waals surface area contributed by atoms with E-state index in [9.17, 15) is 13.2 Å². The van der Waals surface area contributed by atoms with Crippen molar-refractivity contribution < 1.29 is 17.9 Å². The van der Waals surface area contributed by atoms with Gasteiger partial charge in [0.25, 0.3) is 0 Å². The van der Waals surface area contributed by atoms with E-state index in [4.69, 9.17) is 0 Å². The fourth-order valence-corrected chi connectivity index (χ4v) is 4.49. The number of carbonyl (C=O) groups is 1. The minimum absolute atomic E-state index is 0.122. The molecule has 6 nitrogen and oxygen atoms in total. The Hall–Kier alpha value is -2.22. The molecule has 1 heterocycles. The average molecular weight is 374 g/mol. The zero-order valence-electron chi connectivity index (χ0n) is 14.7. The number of benzene rings is 2. The SMILES string of the molecule is COC(=O)c1cccc(S(=O)(=O)N2CCN(Cc3ccccc3)CC2)c1. The van der Waals surface area contributed by atoms with Gasteiger partial charge in [-0.1, -0.05) is 36.4 Å². The molecule has 0 bridgehead atoms. The van der Waals surface area contributed by atoms with Crippen molar-refractivity contribution in [3.63, 3.8) is 0 Å². The number of hydrogen-bond acceptors (Lipinski definition) is 5. The second-order valence-electron chi connectivity index (χ2n) is 6.19. The van der Waals surface area contributed by atoms with Crippen LogP contribution in [-0.4, -0.2) is 56.9 Å². The Morgan fingerprint density at radius 3 is 2.35 bits per heavy atom. The minimum Gasteiger partial charge on any atom is -0.465 e. The molecule has 138 valence electrons. The van der Waals surface area contributed by atoms with Crippen molar-refractivity contribution in [2.75, 3.05) is 33.3 Å². The Morgan fingerprint density at radius 2 is 1.69 bits per heavy atom. The van der Waals surface area contributed by atoms with Crippen molar-refractivity contribution >= 4 is 16.0 Å². The van der Waals surface area contributed by atoms with E-state index in [-0.39, 0.29) is 10.5 Å². The number of ether oxygens (including phenoxy) is 1. The van der Waals surface area contributed by atoms with Crippen LogP contribution in [0, 0.1) is 0 Å². The molecule has 0 saturated carbocycles. The van der Waals surface area contributed by atoms with Crippen LogP contribution in [0.25, 0.3) is 0 Å². The van der Waals surface area contributed by atoms with Crippen LogP contribution in [0.5, 0.6) is 0 Å². The van der Waals surface area contributed by atoms with Gasteiger partial charge >= 0.3 is 5.97 Å². The molecule has 0 N–H and O–H groups in total. The summed E-state index contributed by atoms with van der Waals surface area (Å²) in [6.45, 7) is 3.01. The molecule has 2 aromatic rings. The number of methoxy groups -OCH3 is 1. The number of hydrogen-bond donors (Lipinski definition) is 0. The number of piperazine rings is 1. The Labute approximate surface area is 154 Å². The number of rotatable bonds is 5. The smallest absolute Gasteiger partial charge is 0.337 e. The Kier molecular flexibility index (Phi) is 5.70. The van der Waals surface area contributed by atoms with Crippen LogP contribution in [0.15, 0.2) is 59.5 Å². The molecule has 0 aliphatic carbocycles. The highest BCUT2D eigenvalue weighted by Gasteiger charge is 2.29. The van der Waals surface area contributed by atoms with Gasteiger partial charge < -0.3 is 4.74 Å². The summed E-state index contributed by atoms with van der Waals surface area (Å²) in [5.74, 6) is -0.547. The lowest BCUT2D eigenvalue weighted by molar-refractivity contribution is 0.0600. The first-order valence-electron chi connectivity index (χ1n) is 8.45. The van der Waals surface area contributed by atoms with E-state index >= 15 is 0 Å². The highest BCUT2D eigenvalue weighted by Crippen LogP contribution is 2.20. The summed E-state index contributed by atoms with van der Waals surface area (Å²) in [5, 5.41) is 0. The Balaban J connectivity index is 1.67.